The molecule has 0 N–H and O–H groups in total. The van der Waals surface area contributed by atoms with Crippen molar-refractivity contribution in [1.29, 1.82) is 0 Å². The van der Waals surface area contributed by atoms with Crippen molar-refractivity contribution in [3.63, 3.8) is 0 Å². The molecular weight excluding hydrogens is 148 g/mol. The molecule has 0 fully saturated rings. The van der Waals surface area contributed by atoms with Gasteiger partial charge in [-0.2, -0.15) is 0 Å². The average molecular weight is 154 g/mol. The zero-order valence-electron chi connectivity index (χ0n) is 5.44. The van der Waals surface area contributed by atoms with Crippen molar-refractivity contribution in [2.45, 2.75) is 0 Å². The van der Waals surface area contributed by atoms with Gasteiger partial charge in [-0.25, -0.2) is 0 Å². The van der Waals surface area contributed by atoms with Crippen LogP contribution in [0.25, 0.3) is 0 Å². The van der Waals surface area contributed by atoms with Crippen LogP contribution < -0.4 is 5.32 Å². The summed E-state index contributed by atoms with van der Waals surface area (Å²) in [5.74, 6) is 0. The highest BCUT2D eigenvalue weighted by molar-refractivity contribution is 6.30. The van der Waals surface area contributed by atoms with Gasteiger partial charge in [0.2, 0.25) is 0 Å². The lowest BCUT2D eigenvalue weighted by molar-refractivity contribution is -0.385. The van der Waals surface area contributed by atoms with Crippen LogP contribution in [0.15, 0.2) is 18.3 Å². The van der Waals surface area contributed by atoms with E-state index in [1.165, 1.54) is 12.3 Å². The van der Waals surface area contributed by atoms with Crippen LogP contribution in [0.5, 0.6) is 0 Å². The Hall–Kier alpha value is -1.23. The lowest BCUT2D eigenvalue weighted by atomic mass is 10.4. The van der Waals surface area contributed by atoms with Crippen LogP contribution in [-0.2, 0) is 0 Å². The quantitative estimate of drug-likeness (QED) is 0.295. The summed E-state index contributed by atoms with van der Waals surface area (Å²) in [4.78, 5) is 13.5. The maximum atomic E-state index is 10.1. The van der Waals surface area contributed by atoms with E-state index in [0.717, 1.165) is 15.6 Å². The van der Waals surface area contributed by atoms with Gasteiger partial charge in [-0.3, -0.25) is 15.1 Å². The molecule has 0 aliphatic rings. The molecule has 0 spiro atoms. The highest BCUT2D eigenvalue weighted by Gasteiger charge is 2.01. The summed E-state index contributed by atoms with van der Waals surface area (Å²) in [5.41, 5.74) is 0.0552. The summed E-state index contributed by atoms with van der Waals surface area (Å²) >= 11 is 0. The Morgan fingerprint density at radius 1 is 1.60 bits per heavy atom. The molecule has 1 aromatic heterocycles. The minimum atomic E-state index is -0.450. The van der Waals surface area contributed by atoms with E-state index in [0.29, 0.717) is 0 Å². The van der Waals surface area contributed by atoms with Gasteiger partial charge in [-0.1, -0.05) is 0 Å². The Morgan fingerprint density at radius 3 is 2.70 bits per heavy atom. The highest BCUT2D eigenvalue weighted by Crippen LogP contribution is 2.03. The van der Waals surface area contributed by atoms with Gasteiger partial charge in [0.25, 0.3) is 5.69 Å². The first-order chi connectivity index (χ1) is 4.70. The molecule has 0 atom stereocenters. The second kappa shape index (κ2) is 2.57. The number of hydrogen-bond donors (Lipinski definition) is 0. The summed E-state index contributed by atoms with van der Waals surface area (Å²) in [7, 11) is 0.834. The van der Waals surface area contributed by atoms with Crippen molar-refractivity contribution >= 4 is 21.2 Å². The summed E-state index contributed by atoms with van der Waals surface area (Å²) < 4.78 is 0. The molecule has 0 aliphatic heterocycles. The van der Waals surface area contributed by atoms with Gasteiger partial charge in [0, 0.05) is 11.4 Å². The first-order valence-electron chi connectivity index (χ1n) is 2.77. The average Bonchev–Trinajstić information content (AvgIpc) is 1.88. The van der Waals surface area contributed by atoms with Crippen LogP contribution in [0, 0.1) is 10.1 Å². The molecule has 1 heterocycles. The molecule has 0 aliphatic carbocycles. The Kier molecular flexibility index (Phi) is 1.77. The van der Waals surface area contributed by atoms with E-state index in [1.54, 1.807) is 6.07 Å². The summed E-state index contributed by atoms with van der Waals surface area (Å²) in [6.45, 7) is 0. The van der Waals surface area contributed by atoms with E-state index >= 15 is 0 Å². The van der Waals surface area contributed by atoms with Gasteiger partial charge in [-0.05, 0) is 6.07 Å². The number of nitrogens with zero attached hydrogens (tertiary/aromatic N) is 2. The molecule has 4 nitrogen and oxygen atoms in total. The predicted molar refractivity (Wildman–Crippen MR) is 40.5 cm³/mol. The second-order valence-electron chi connectivity index (χ2n) is 1.91. The zero-order chi connectivity index (χ0) is 7.56. The number of aromatic nitrogens is 1. The van der Waals surface area contributed by atoms with E-state index in [2.05, 4.69) is 4.98 Å². The van der Waals surface area contributed by atoms with Crippen LogP contribution in [-0.4, -0.2) is 20.1 Å². The Morgan fingerprint density at radius 2 is 2.30 bits per heavy atom. The topological polar surface area (TPSA) is 56.0 Å². The van der Waals surface area contributed by atoms with Crippen LogP contribution in [0.3, 0.4) is 0 Å². The van der Waals surface area contributed by atoms with Crippen molar-refractivity contribution in [2.24, 2.45) is 0 Å². The molecule has 5 heteroatoms. The van der Waals surface area contributed by atoms with Crippen LogP contribution >= 0.6 is 0 Å². The van der Waals surface area contributed by atoms with E-state index in [1.807, 2.05) is 0 Å². The summed E-state index contributed by atoms with van der Waals surface area (Å²) in [6.07, 6.45) is 1.28. The SMILES string of the molecule is O=[N+]([O-])c1ccc([SiH3])nc1. The minimum absolute atomic E-state index is 0.0552. The van der Waals surface area contributed by atoms with Gasteiger partial charge in [0.05, 0.1) is 15.2 Å². The summed E-state index contributed by atoms with van der Waals surface area (Å²) in [6, 6.07) is 3.14. The molecule has 0 aromatic carbocycles. The third kappa shape index (κ3) is 1.38. The number of pyridine rings is 1. The highest BCUT2D eigenvalue weighted by atomic mass is 28.1. The van der Waals surface area contributed by atoms with Crippen LogP contribution in [0.4, 0.5) is 5.69 Å². The monoisotopic (exact) mass is 154 g/mol. The van der Waals surface area contributed by atoms with Crippen molar-refractivity contribution in [1.82, 2.24) is 4.98 Å². The smallest absolute Gasteiger partial charge is 0.260 e. The molecule has 0 amide bonds. The van der Waals surface area contributed by atoms with Gasteiger partial charge < -0.3 is 0 Å². The van der Waals surface area contributed by atoms with Crippen LogP contribution in [0.2, 0.25) is 0 Å². The molecule has 1 aromatic rings. The summed E-state index contributed by atoms with van der Waals surface area (Å²) in [5, 5.41) is 11.0. The van der Waals surface area contributed by atoms with Crippen LogP contribution in [0.1, 0.15) is 0 Å². The Bertz CT molecular complexity index is 246. The number of rotatable bonds is 1. The van der Waals surface area contributed by atoms with E-state index in [9.17, 15) is 10.1 Å². The van der Waals surface area contributed by atoms with Crippen molar-refractivity contribution in [3.05, 3.63) is 28.4 Å². The van der Waals surface area contributed by atoms with Crippen molar-refractivity contribution < 1.29 is 4.92 Å². The molecule has 52 valence electrons. The largest absolute Gasteiger partial charge is 0.287 e. The van der Waals surface area contributed by atoms with E-state index < -0.39 is 4.92 Å². The fraction of sp³-hybridized carbons (Fsp3) is 0. The Balaban J connectivity index is 3.00. The zero-order valence-corrected chi connectivity index (χ0v) is 7.44. The van der Waals surface area contributed by atoms with Gasteiger partial charge in [0.15, 0.2) is 0 Å². The Labute approximate surface area is 60.5 Å². The molecule has 0 saturated heterocycles. The van der Waals surface area contributed by atoms with Gasteiger partial charge in [-0.15, -0.1) is 0 Å². The lowest BCUT2D eigenvalue weighted by Gasteiger charge is -1.89. The lowest BCUT2D eigenvalue weighted by Crippen LogP contribution is -2.06. The van der Waals surface area contributed by atoms with Gasteiger partial charge in [0.1, 0.15) is 6.20 Å². The number of nitro groups is 1. The normalized spacial score (nSPS) is 9.60. The first kappa shape index (κ1) is 6.88. The molecule has 10 heavy (non-hydrogen) atoms. The fourth-order valence-corrected chi connectivity index (χ4v) is 0.864. The molecular formula is C5H6N2O2Si. The van der Waals surface area contributed by atoms with E-state index in [-0.39, 0.29) is 5.69 Å². The van der Waals surface area contributed by atoms with Gasteiger partial charge >= 0.3 is 0 Å². The standard InChI is InChI=1S/C5H6N2O2Si/c8-7(9)4-1-2-5(10)6-3-4/h1-3H,10H3. The molecule has 1 rings (SSSR count). The number of hydrogen-bond acceptors (Lipinski definition) is 3. The fourth-order valence-electron chi connectivity index (χ4n) is 0.568. The molecule has 0 saturated carbocycles. The maximum Gasteiger partial charge on any atom is 0.287 e. The minimum Gasteiger partial charge on any atom is -0.260 e. The van der Waals surface area contributed by atoms with E-state index in [4.69, 9.17) is 0 Å². The first-order valence-corrected chi connectivity index (χ1v) is 3.77. The van der Waals surface area contributed by atoms with Crippen molar-refractivity contribution in [3.8, 4) is 0 Å². The molecule has 0 unspecified atom stereocenters. The predicted octanol–water partition coefficient (Wildman–Crippen LogP) is -1.02. The third-order valence-corrected chi connectivity index (χ3v) is 1.70. The molecule has 0 bridgehead atoms. The second-order valence-corrected chi connectivity index (χ2v) is 2.94. The third-order valence-electron chi connectivity index (χ3n) is 1.11. The maximum absolute atomic E-state index is 10.1. The molecule has 0 radical (unpaired) electrons. The van der Waals surface area contributed by atoms with Crippen molar-refractivity contribution in [2.75, 3.05) is 0 Å².